The second-order valence-corrected chi connectivity index (χ2v) is 26.8. The molecule has 31 unspecified atom stereocenters. The van der Waals surface area contributed by atoms with Crippen molar-refractivity contribution in [3.8, 4) is 0 Å². The zero-order valence-electron chi connectivity index (χ0n) is 49.0. The van der Waals surface area contributed by atoms with Gasteiger partial charge in [0, 0.05) is 5.92 Å². The van der Waals surface area contributed by atoms with Gasteiger partial charge in [-0.15, -0.1) is 0 Å². The molecule has 480 valence electrons. The molecule has 0 aromatic heterocycles. The summed E-state index contributed by atoms with van der Waals surface area (Å²) in [5, 5.41) is 150. The zero-order valence-corrected chi connectivity index (χ0v) is 49.0. The molecular formula is C58H92O26. The van der Waals surface area contributed by atoms with Gasteiger partial charge in [0.2, 0.25) is 6.29 Å². The van der Waals surface area contributed by atoms with Gasteiger partial charge in [-0.1, -0.05) is 59.8 Å². The molecule has 0 bridgehead atoms. The number of allylic oxidation sites excluding steroid dienone is 3. The predicted molar refractivity (Wildman–Crippen MR) is 284 cm³/mol. The zero-order chi connectivity index (χ0) is 61.5. The second kappa shape index (κ2) is 25.2. The van der Waals surface area contributed by atoms with Gasteiger partial charge in [0.25, 0.3) is 0 Å². The average molecular weight is 1210 g/mol. The SMILES string of the molecule is CC(=O)C(C)CCC1(C(=O)OC2OC(COC3OCC(O)C(O)C3OC3OC(C)C(O)C(O)C3O)C(O)C(O)C2O)C=C2C=CC3C4(C)CCC(OC5OCC(O)C(OC6OC(CO)C(O)C(O)C6O)C5O)C(C)(C)C4CCC3(C)C2(C)CC1. The fourth-order valence-corrected chi connectivity index (χ4v) is 15.5. The van der Waals surface area contributed by atoms with E-state index in [-0.39, 0.29) is 47.9 Å². The molecule has 0 spiro atoms. The molecule has 0 aromatic carbocycles. The number of esters is 1. The number of carbonyl (C=O) groups is 2. The van der Waals surface area contributed by atoms with Gasteiger partial charge >= 0.3 is 5.97 Å². The first-order valence-electron chi connectivity index (χ1n) is 29.7. The second-order valence-electron chi connectivity index (χ2n) is 26.8. The summed E-state index contributed by atoms with van der Waals surface area (Å²) in [5.74, 6) is -1.16. The summed E-state index contributed by atoms with van der Waals surface area (Å²) < 4.78 is 58.8. The van der Waals surface area contributed by atoms with Crippen LogP contribution >= 0.6 is 0 Å². The standard InChI is InChI=1S/C58H92O26/c1-24(25(2)60)11-16-58(53(74)84-51-44(72)41(69)38(66)31(80-51)23-77-52-47(36(64)28(61)21-76-52)83-49-42(70)39(67)35(63)26(3)78-49)18-17-56(7)27(19-58)9-10-33-55(6)14-13-34(54(4,5)32(55)12-15-57(33,56)8)81-48-45(73)46(29(62)22-75-48)82-50-43(71)40(68)37(65)30(20-59)79-50/h9-10,19,24,26,28-52,59,61-73H,11-18,20-23H2,1-8H3. The summed E-state index contributed by atoms with van der Waals surface area (Å²) in [6, 6.07) is 0. The average Bonchev–Trinajstić information content (AvgIpc) is 1.04. The molecule has 0 aromatic rings. The molecule has 26 nitrogen and oxygen atoms in total. The van der Waals surface area contributed by atoms with Gasteiger partial charge in [0.05, 0.1) is 44.1 Å². The summed E-state index contributed by atoms with van der Waals surface area (Å²) in [7, 11) is 0. The molecule has 5 heterocycles. The highest BCUT2D eigenvalue weighted by Gasteiger charge is 2.67. The first kappa shape index (κ1) is 66.1. The molecule has 5 aliphatic heterocycles. The van der Waals surface area contributed by atoms with Gasteiger partial charge in [-0.3, -0.25) is 9.59 Å². The van der Waals surface area contributed by atoms with Crippen molar-refractivity contribution < 1.29 is 128 Å². The van der Waals surface area contributed by atoms with Crippen LogP contribution in [0.25, 0.3) is 0 Å². The van der Waals surface area contributed by atoms with E-state index in [2.05, 4.69) is 46.8 Å². The Bertz CT molecular complexity index is 2360. The molecular weight excluding hydrogens is 1110 g/mol. The normalized spacial score (nSPS) is 51.6. The Hall–Kier alpha value is -2.30. The predicted octanol–water partition coefficient (Wildman–Crippen LogP) is -2.56. The maximum Gasteiger partial charge on any atom is 0.318 e. The Morgan fingerprint density at radius 3 is 1.89 bits per heavy atom. The molecule has 31 atom stereocenters. The quantitative estimate of drug-likeness (QED) is 0.0558. The van der Waals surface area contributed by atoms with Crippen LogP contribution in [0.4, 0.5) is 0 Å². The van der Waals surface area contributed by atoms with Crippen molar-refractivity contribution in [2.45, 2.75) is 254 Å². The minimum Gasteiger partial charge on any atom is -0.432 e. The van der Waals surface area contributed by atoms with Crippen molar-refractivity contribution in [1.82, 2.24) is 0 Å². The van der Waals surface area contributed by atoms with Crippen molar-refractivity contribution in [1.29, 1.82) is 0 Å². The number of ketones is 1. The minimum atomic E-state index is -1.94. The number of hydrogen-bond acceptors (Lipinski definition) is 26. The highest BCUT2D eigenvalue weighted by Crippen LogP contribution is 2.73. The highest BCUT2D eigenvalue weighted by atomic mass is 16.8. The van der Waals surface area contributed by atoms with Crippen LogP contribution in [-0.2, 0) is 57.0 Å². The van der Waals surface area contributed by atoms with E-state index in [4.69, 9.17) is 47.4 Å². The number of aliphatic hydroxyl groups is 14. The van der Waals surface area contributed by atoms with Gasteiger partial charge in [-0.25, -0.2) is 0 Å². The Morgan fingerprint density at radius 2 is 1.23 bits per heavy atom. The molecule has 7 fully saturated rings. The molecule has 9 rings (SSSR count). The summed E-state index contributed by atoms with van der Waals surface area (Å²) in [5.41, 5.74) is -2.06. The van der Waals surface area contributed by atoms with Crippen LogP contribution in [0.2, 0.25) is 0 Å². The Morgan fingerprint density at radius 1 is 0.631 bits per heavy atom. The third-order valence-corrected chi connectivity index (χ3v) is 21.5. The van der Waals surface area contributed by atoms with Crippen molar-refractivity contribution >= 4 is 11.8 Å². The molecule has 14 N–H and O–H groups in total. The van der Waals surface area contributed by atoms with E-state index < -0.39 is 195 Å². The van der Waals surface area contributed by atoms with E-state index in [1.54, 1.807) is 6.92 Å². The largest absolute Gasteiger partial charge is 0.432 e. The number of hydrogen-bond donors (Lipinski definition) is 14. The number of fused-ring (bicyclic) bond motifs is 5. The lowest BCUT2D eigenvalue weighted by molar-refractivity contribution is -0.359. The Balaban J connectivity index is 0.904. The summed E-state index contributed by atoms with van der Waals surface area (Å²) >= 11 is 0. The lowest BCUT2D eigenvalue weighted by Gasteiger charge is -2.69. The van der Waals surface area contributed by atoms with E-state index in [1.807, 2.05) is 6.08 Å². The number of rotatable bonds is 16. The van der Waals surface area contributed by atoms with Crippen LogP contribution in [0, 0.1) is 44.8 Å². The lowest BCUT2D eigenvalue weighted by Crippen LogP contribution is -2.65. The van der Waals surface area contributed by atoms with Crippen LogP contribution in [-0.4, -0.2) is 257 Å². The van der Waals surface area contributed by atoms with Crippen LogP contribution < -0.4 is 0 Å². The van der Waals surface area contributed by atoms with E-state index in [1.165, 1.54) is 13.8 Å². The highest BCUT2D eigenvalue weighted by molar-refractivity contribution is 5.81. The van der Waals surface area contributed by atoms with Gasteiger partial charge in [0.1, 0.15) is 110 Å². The molecule has 4 aliphatic carbocycles. The van der Waals surface area contributed by atoms with Crippen LogP contribution in [0.15, 0.2) is 23.8 Å². The smallest absolute Gasteiger partial charge is 0.318 e. The minimum absolute atomic E-state index is 0.0381. The van der Waals surface area contributed by atoms with E-state index >= 15 is 4.79 Å². The molecule has 2 saturated carbocycles. The molecule has 0 amide bonds. The summed E-state index contributed by atoms with van der Waals surface area (Å²) in [6.07, 6.45) is -26.6. The van der Waals surface area contributed by atoms with Crippen molar-refractivity contribution in [3.63, 3.8) is 0 Å². The van der Waals surface area contributed by atoms with Gasteiger partial charge < -0.3 is 119 Å². The molecule has 26 heteroatoms. The topological polar surface area (TPSA) is 410 Å². The lowest BCUT2D eigenvalue weighted by atomic mass is 9.36. The fourth-order valence-electron chi connectivity index (χ4n) is 15.5. The monoisotopic (exact) mass is 1200 g/mol. The first-order chi connectivity index (χ1) is 39.3. The maximum absolute atomic E-state index is 15.0. The van der Waals surface area contributed by atoms with E-state index in [0.29, 0.717) is 19.3 Å². The van der Waals surface area contributed by atoms with Crippen LogP contribution in [0.5, 0.6) is 0 Å². The molecule has 5 saturated heterocycles. The number of carbonyl (C=O) groups excluding carboxylic acids is 2. The number of Topliss-reactive ketones (excluding diaryl/α,β-unsaturated/α-hetero) is 1. The number of ether oxygens (including phenoxy) is 10. The molecule has 9 aliphatic rings. The number of aliphatic hydroxyl groups excluding tert-OH is 14. The first-order valence-corrected chi connectivity index (χ1v) is 29.7. The molecule has 0 radical (unpaired) electrons. The van der Waals surface area contributed by atoms with Gasteiger partial charge in [-0.2, -0.15) is 0 Å². The third kappa shape index (κ3) is 11.8. The third-order valence-electron chi connectivity index (χ3n) is 21.5. The van der Waals surface area contributed by atoms with Crippen molar-refractivity contribution in [2.24, 2.45) is 44.8 Å². The Kier molecular flexibility index (Phi) is 19.8. The van der Waals surface area contributed by atoms with Gasteiger partial charge in [-0.05, 0) is 104 Å². The maximum atomic E-state index is 15.0. The molecule has 84 heavy (non-hydrogen) atoms. The van der Waals surface area contributed by atoms with Crippen molar-refractivity contribution in [3.05, 3.63) is 23.8 Å². The summed E-state index contributed by atoms with van der Waals surface area (Å²) in [6.45, 7) is 13.8. The fraction of sp³-hybridized carbons (Fsp3) is 0.897. The van der Waals surface area contributed by atoms with E-state index in [0.717, 1.165) is 24.8 Å². The van der Waals surface area contributed by atoms with Crippen LogP contribution in [0.3, 0.4) is 0 Å². The Labute approximate surface area is 488 Å². The van der Waals surface area contributed by atoms with Crippen LogP contribution in [0.1, 0.15) is 107 Å². The van der Waals surface area contributed by atoms with Gasteiger partial charge in [0.15, 0.2) is 25.2 Å². The van der Waals surface area contributed by atoms with Crippen molar-refractivity contribution in [2.75, 3.05) is 26.4 Å². The van der Waals surface area contributed by atoms with E-state index in [9.17, 15) is 76.3 Å². The summed E-state index contributed by atoms with van der Waals surface area (Å²) in [4.78, 5) is 27.7.